The van der Waals surface area contributed by atoms with Gasteiger partial charge in [-0.25, -0.2) is 4.79 Å². The number of ether oxygens (including phenoxy) is 1. The van der Waals surface area contributed by atoms with Crippen LogP contribution < -0.4 is 10.2 Å². The van der Waals surface area contributed by atoms with Crippen molar-refractivity contribution in [3.05, 3.63) is 93.5 Å². The van der Waals surface area contributed by atoms with E-state index in [9.17, 15) is 19.2 Å². The molecule has 36 heavy (non-hydrogen) atoms. The van der Waals surface area contributed by atoms with Crippen LogP contribution >= 0.6 is 15.9 Å². The molecule has 3 aromatic carbocycles. The van der Waals surface area contributed by atoms with E-state index >= 15 is 0 Å². The van der Waals surface area contributed by atoms with Crippen molar-refractivity contribution in [2.75, 3.05) is 23.4 Å². The summed E-state index contributed by atoms with van der Waals surface area (Å²) >= 11 is 3.31. The van der Waals surface area contributed by atoms with Gasteiger partial charge in [-0.2, -0.15) is 0 Å². The van der Waals surface area contributed by atoms with Gasteiger partial charge in [0.05, 0.1) is 11.5 Å². The first-order valence-electron chi connectivity index (χ1n) is 11.5. The van der Waals surface area contributed by atoms with E-state index in [0.29, 0.717) is 17.8 Å². The van der Waals surface area contributed by atoms with Gasteiger partial charge in [-0.1, -0.05) is 45.8 Å². The Balaban J connectivity index is 1.31. The molecule has 0 spiro atoms. The van der Waals surface area contributed by atoms with Gasteiger partial charge in [-0.05, 0) is 61.9 Å². The molecule has 184 valence electrons. The maximum absolute atomic E-state index is 12.8. The first-order valence-corrected chi connectivity index (χ1v) is 12.2. The monoisotopic (exact) mass is 548 g/mol. The van der Waals surface area contributed by atoms with Crippen LogP contribution in [-0.2, 0) is 14.3 Å². The van der Waals surface area contributed by atoms with E-state index in [1.165, 1.54) is 12.1 Å². The van der Waals surface area contributed by atoms with E-state index in [1.54, 1.807) is 41.3 Å². The molecule has 2 amide bonds. The highest BCUT2D eigenvalue weighted by Gasteiger charge is 2.35. The Morgan fingerprint density at radius 1 is 0.972 bits per heavy atom. The Kier molecular flexibility index (Phi) is 7.64. The minimum Gasteiger partial charge on any atom is -0.454 e. The molecule has 1 atom stereocenters. The minimum absolute atomic E-state index is 0.0853. The summed E-state index contributed by atoms with van der Waals surface area (Å²) in [6, 6.07) is 18.9. The molecule has 1 saturated heterocycles. The summed E-state index contributed by atoms with van der Waals surface area (Å²) < 4.78 is 5.98. The second kappa shape index (κ2) is 10.9. The number of halogens is 1. The van der Waals surface area contributed by atoms with Crippen LogP contribution in [0.15, 0.2) is 71.2 Å². The number of nitrogens with one attached hydrogen (secondary N) is 1. The Labute approximate surface area is 217 Å². The van der Waals surface area contributed by atoms with E-state index in [-0.39, 0.29) is 36.2 Å². The average molecular weight is 549 g/mol. The van der Waals surface area contributed by atoms with E-state index < -0.39 is 11.9 Å². The van der Waals surface area contributed by atoms with Crippen molar-refractivity contribution in [2.24, 2.45) is 5.92 Å². The van der Waals surface area contributed by atoms with Crippen molar-refractivity contribution < 1.29 is 23.9 Å². The molecule has 0 radical (unpaired) electrons. The molecule has 0 unspecified atom stereocenters. The molecule has 1 aliphatic heterocycles. The number of anilines is 2. The Hall–Kier alpha value is -3.78. The van der Waals surface area contributed by atoms with Gasteiger partial charge < -0.3 is 15.0 Å². The maximum Gasteiger partial charge on any atom is 0.338 e. The van der Waals surface area contributed by atoms with Crippen molar-refractivity contribution in [1.29, 1.82) is 0 Å². The first-order chi connectivity index (χ1) is 17.2. The molecule has 1 aliphatic rings. The third-order valence-corrected chi connectivity index (χ3v) is 6.56. The van der Waals surface area contributed by atoms with Gasteiger partial charge in [0.1, 0.15) is 0 Å². The smallest absolute Gasteiger partial charge is 0.338 e. The van der Waals surface area contributed by atoms with Gasteiger partial charge in [-0.3, -0.25) is 14.4 Å². The number of nitrogens with zero attached hydrogens (tertiary/aromatic N) is 1. The standard InChI is InChI=1S/C28H25BrN2O5/c1-17-3-12-24(18(2)13-17)31-15-21(14-26(31)33)27(34)30-23-10-6-20(7-11-23)28(35)36-16-25(32)19-4-8-22(29)9-5-19/h3-13,21H,14-16H2,1-2H3,(H,30,34)/t21-/m1/s1. The summed E-state index contributed by atoms with van der Waals surface area (Å²) in [6.07, 6.45) is 0.135. The van der Waals surface area contributed by atoms with Crippen LogP contribution in [0, 0.1) is 19.8 Å². The van der Waals surface area contributed by atoms with E-state index in [0.717, 1.165) is 21.3 Å². The van der Waals surface area contributed by atoms with Crippen LogP contribution in [0.2, 0.25) is 0 Å². The van der Waals surface area contributed by atoms with Gasteiger partial charge in [-0.15, -0.1) is 0 Å². The fraction of sp³-hybridized carbons (Fsp3) is 0.214. The largest absolute Gasteiger partial charge is 0.454 e. The van der Waals surface area contributed by atoms with Gasteiger partial charge in [0.2, 0.25) is 11.8 Å². The number of esters is 1. The topological polar surface area (TPSA) is 92.8 Å². The fourth-order valence-electron chi connectivity index (χ4n) is 4.09. The molecule has 4 rings (SSSR count). The molecule has 7 nitrogen and oxygen atoms in total. The SMILES string of the molecule is Cc1ccc(N2C[C@H](C(=O)Nc3ccc(C(=O)OCC(=O)c4ccc(Br)cc4)cc3)CC2=O)c(C)c1. The van der Waals surface area contributed by atoms with Crippen LogP contribution in [0.4, 0.5) is 11.4 Å². The van der Waals surface area contributed by atoms with Crippen molar-refractivity contribution in [1.82, 2.24) is 0 Å². The summed E-state index contributed by atoms with van der Waals surface area (Å²) in [5.74, 6) is -1.76. The molecule has 0 aliphatic carbocycles. The zero-order valence-corrected chi connectivity index (χ0v) is 21.5. The van der Waals surface area contributed by atoms with E-state index in [1.807, 2.05) is 32.0 Å². The van der Waals surface area contributed by atoms with Crippen molar-refractivity contribution in [2.45, 2.75) is 20.3 Å². The normalized spacial score (nSPS) is 15.0. The summed E-state index contributed by atoms with van der Waals surface area (Å²) in [7, 11) is 0. The number of ketones is 1. The molecule has 0 bridgehead atoms. The molecule has 1 N–H and O–H groups in total. The number of rotatable bonds is 7. The summed E-state index contributed by atoms with van der Waals surface area (Å²) in [5, 5.41) is 2.81. The molecule has 1 heterocycles. The van der Waals surface area contributed by atoms with Gasteiger partial charge in [0, 0.05) is 34.4 Å². The molecular weight excluding hydrogens is 524 g/mol. The maximum atomic E-state index is 12.8. The van der Waals surface area contributed by atoms with Gasteiger partial charge in [0.15, 0.2) is 12.4 Å². The average Bonchev–Trinajstić information content (AvgIpc) is 3.24. The van der Waals surface area contributed by atoms with Crippen molar-refractivity contribution in [3.8, 4) is 0 Å². The first kappa shape index (κ1) is 25.3. The second-order valence-electron chi connectivity index (χ2n) is 8.77. The third-order valence-electron chi connectivity index (χ3n) is 6.03. The molecule has 0 aromatic heterocycles. The van der Waals surface area contributed by atoms with Crippen LogP contribution in [0.5, 0.6) is 0 Å². The van der Waals surface area contributed by atoms with Crippen LogP contribution in [0.3, 0.4) is 0 Å². The molecular formula is C28H25BrN2O5. The number of benzene rings is 3. The lowest BCUT2D eigenvalue weighted by molar-refractivity contribution is -0.122. The van der Waals surface area contributed by atoms with E-state index in [2.05, 4.69) is 21.2 Å². The summed E-state index contributed by atoms with van der Waals surface area (Å²) in [4.78, 5) is 51.6. The van der Waals surface area contributed by atoms with Gasteiger partial charge in [0.25, 0.3) is 0 Å². The van der Waals surface area contributed by atoms with Crippen LogP contribution in [-0.4, -0.2) is 36.7 Å². The number of amides is 2. The Bertz CT molecular complexity index is 1320. The van der Waals surface area contributed by atoms with Crippen LogP contribution in [0.25, 0.3) is 0 Å². The minimum atomic E-state index is -0.635. The van der Waals surface area contributed by atoms with Crippen molar-refractivity contribution >= 4 is 50.9 Å². The Morgan fingerprint density at radius 2 is 1.64 bits per heavy atom. The molecule has 3 aromatic rings. The predicted octanol–water partition coefficient (Wildman–Crippen LogP) is 5.10. The molecule has 0 saturated carbocycles. The highest BCUT2D eigenvalue weighted by atomic mass is 79.9. The lowest BCUT2D eigenvalue weighted by Gasteiger charge is -2.19. The second-order valence-corrected chi connectivity index (χ2v) is 9.68. The summed E-state index contributed by atoms with van der Waals surface area (Å²) in [5.41, 5.74) is 4.13. The van der Waals surface area contributed by atoms with Crippen molar-refractivity contribution in [3.63, 3.8) is 0 Å². The highest BCUT2D eigenvalue weighted by molar-refractivity contribution is 9.10. The predicted molar refractivity (Wildman–Crippen MR) is 140 cm³/mol. The van der Waals surface area contributed by atoms with E-state index in [4.69, 9.17) is 4.74 Å². The number of carbonyl (C=O) groups excluding carboxylic acids is 4. The lowest BCUT2D eigenvalue weighted by atomic mass is 10.1. The number of Topliss-reactive ketones (excluding diaryl/α,β-unsaturated/α-hetero) is 1. The lowest BCUT2D eigenvalue weighted by Crippen LogP contribution is -2.28. The number of aryl methyl sites for hydroxylation is 2. The van der Waals surface area contributed by atoms with Crippen LogP contribution in [0.1, 0.15) is 38.3 Å². The number of hydrogen-bond donors (Lipinski definition) is 1. The zero-order chi connectivity index (χ0) is 25.8. The zero-order valence-electron chi connectivity index (χ0n) is 19.9. The molecule has 1 fully saturated rings. The quantitative estimate of drug-likeness (QED) is 0.327. The highest BCUT2D eigenvalue weighted by Crippen LogP contribution is 2.29. The summed E-state index contributed by atoms with van der Waals surface area (Å²) in [6.45, 7) is 3.89. The number of carbonyl (C=O) groups is 4. The molecule has 8 heteroatoms. The fourth-order valence-corrected chi connectivity index (χ4v) is 4.36. The number of hydrogen-bond acceptors (Lipinski definition) is 5. The Morgan fingerprint density at radius 3 is 2.31 bits per heavy atom. The van der Waals surface area contributed by atoms with Gasteiger partial charge >= 0.3 is 5.97 Å². The third kappa shape index (κ3) is 5.88.